The van der Waals surface area contributed by atoms with Crippen molar-refractivity contribution in [3.63, 3.8) is 0 Å². The molecule has 2 aliphatic rings. The van der Waals surface area contributed by atoms with Gasteiger partial charge in [0.25, 0.3) is 0 Å². The van der Waals surface area contributed by atoms with E-state index in [9.17, 15) is 0 Å². The lowest BCUT2D eigenvalue weighted by molar-refractivity contribution is 0.0435. The molecular formula is C14H28N2O. The van der Waals surface area contributed by atoms with Crippen LogP contribution in [0.4, 0.5) is 0 Å². The van der Waals surface area contributed by atoms with Crippen LogP contribution in [0, 0.1) is 0 Å². The molecule has 3 heteroatoms. The van der Waals surface area contributed by atoms with Crippen LogP contribution in [0.5, 0.6) is 0 Å². The van der Waals surface area contributed by atoms with E-state index >= 15 is 0 Å². The molecule has 1 N–H and O–H groups in total. The number of rotatable bonds is 3. The predicted molar refractivity (Wildman–Crippen MR) is 71.3 cm³/mol. The van der Waals surface area contributed by atoms with Crippen molar-refractivity contribution in [2.24, 2.45) is 0 Å². The van der Waals surface area contributed by atoms with Gasteiger partial charge in [-0.3, -0.25) is 4.90 Å². The first-order valence-corrected chi connectivity index (χ1v) is 7.11. The van der Waals surface area contributed by atoms with Gasteiger partial charge in [0.05, 0.1) is 6.10 Å². The molecule has 2 rings (SSSR count). The second-order valence-corrected chi connectivity index (χ2v) is 6.14. The third-order valence-corrected chi connectivity index (χ3v) is 4.86. The van der Waals surface area contributed by atoms with E-state index in [4.69, 9.17) is 4.74 Å². The predicted octanol–water partition coefficient (Wildman–Crippen LogP) is 2.02. The minimum Gasteiger partial charge on any atom is -0.381 e. The molecule has 3 nitrogen and oxygen atoms in total. The van der Waals surface area contributed by atoms with Gasteiger partial charge >= 0.3 is 0 Å². The van der Waals surface area contributed by atoms with E-state index in [2.05, 4.69) is 31.0 Å². The Labute approximate surface area is 106 Å². The minimum atomic E-state index is 0.303. The van der Waals surface area contributed by atoms with Crippen molar-refractivity contribution in [2.45, 2.75) is 70.2 Å². The van der Waals surface area contributed by atoms with Gasteiger partial charge in [0.2, 0.25) is 0 Å². The molecule has 0 aromatic rings. The number of hydrogen-bond donors (Lipinski definition) is 1. The molecule has 17 heavy (non-hydrogen) atoms. The first-order valence-electron chi connectivity index (χ1n) is 7.11. The van der Waals surface area contributed by atoms with Crippen LogP contribution in [0.1, 0.15) is 46.5 Å². The van der Waals surface area contributed by atoms with Gasteiger partial charge in [0.15, 0.2) is 0 Å². The maximum atomic E-state index is 5.50. The van der Waals surface area contributed by atoms with E-state index in [1.54, 1.807) is 0 Å². The van der Waals surface area contributed by atoms with Crippen molar-refractivity contribution in [3.05, 3.63) is 0 Å². The molecule has 4 unspecified atom stereocenters. The zero-order chi connectivity index (χ0) is 12.5. The largest absolute Gasteiger partial charge is 0.381 e. The molecule has 1 heterocycles. The summed E-state index contributed by atoms with van der Waals surface area (Å²) in [5, 5.41) is 3.70. The molecule has 0 aromatic heterocycles. The fourth-order valence-corrected chi connectivity index (χ4v) is 3.28. The second-order valence-electron chi connectivity index (χ2n) is 6.14. The van der Waals surface area contributed by atoms with Crippen LogP contribution in [0.25, 0.3) is 0 Å². The number of ether oxygens (including phenoxy) is 1. The summed E-state index contributed by atoms with van der Waals surface area (Å²) in [4.78, 5) is 2.72. The number of nitrogens with zero attached hydrogens (tertiary/aromatic N) is 1. The van der Waals surface area contributed by atoms with E-state index in [1.165, 1.54) is 32.2 Å². The lowest BCUT2D eigenvalue weighted by atomic mass is 9.92. The Morgan fingerprint density at radius 2 is 2.18 bits per heavy atom. The molecular weight excluding hydrogens is 212 g/mol. The summed E-state index contributed by atoms with van der Waals surface area (Å²) in [7, 11) is 1.85. The van der Waals surface area contributed by atoms with Crippen molar-refractivity contribution in [3.8, 4) is 0 Å². The summed E-state index contributed by atoms with van der Waals surface area (Å²) in [6.45, 7) is 9.30. The summed E-state index contributed by atoms with van der Waals surface area (Å²) in [6.07, 6.45) is 5.47. The maximum absolute atomic E-state index is 5.50. The fraction of sp³-hybridized carbons (Fsp3) is 1.00. The third-order valence-electron chi connectivity index (χ3n) is 4.86. The standard InChI is InChI=1S/C14H28N2O/c1-5-14(3)10-16(11(2)9-15-14)12-6-7-13(8-12)17-4/h11-13,15H,5-10H2,1-4H3. The van der Waals surface area contributed by atoms with Crippen LogP contribution in [-0.2, 0) is 4.74 Å². The normalized spacial score (nSPS) is 44.1. The SMILES string of the molecule is CCC1(C)CN(C2CCC(OC)C2)C(C)CN1. The fourth-order valence-electron chi connectivity index (χ4n) is 3.28. The van der Waals surface area contributed by atoms with Crippen LogP contribution < -0.4 is 5.32 Å². The van der Waals surface area contributed by atoms with Gasteiger partial charge in [-0.15, -0.1) is 0 Å². The average molecular weight is 240 g/mol. The van der Waals surface area contributed by atoms with Gasteiger partial charge in [-0.25, -0.2) is 0 Å². The molecule has 1 aliphatic carbocycles. The Balaban J connectivity index is 1.98. The molecule has 0 bridgehead atoms. The number of nitrogens with one attached hydrogen (secondary N) is 1. The Bertz CT molecular complexity index is 259. The van der Waals surface area contributed by atoms with Gasteiger partial charge in [-0.05, 0) is 39.5 Å². The van der Waals surface area contributed by atoms with E-state index in [0.717, 1.165) is 12.6 Å². The van der Waals surface area contributed by atoms with E-state index < -0.39 is 0 Å². The Hall–Kier alpha value is -0.120. The molecule has 0 spiro atoms. The van der Waals surface area contributed by atoms with Crippen LogP contribution >= 0.6 is 0 Å². The Kier molecular flexibility index (Phi) is 4.11. The summed E-state index contributed by atoms with van der Waals surface area (Å²) in [5.74, 6) is 0. The highest BCUT2D eigenvalue weighted by Gasteiger charge is 2.38. The zero-order valence-corrected chi connectivity index (χ0v) is 11.8. The Morgan fingerprint density at radius 1 is 1.41 bits per heavy atom. The highest BCUT2D eigenvalue weighted by Crippen LogP contribution is 2.30. The van der Waals surface area contributed by atoms with Gasteiger partial charge in [0, 0.05) is 37.8 Å². The summed E-state index contributed by atoms with van der Waals surface area (Å²) in [6, 6.07) is 1.40. The van der Waals surface area contributed by atoms with Crippen molar-refractivity contribution in [2.75, 3.05) is 20.2 Å². The smallest absolute Gasteiger partial charge is 0.0586 e. The quantitative estimate of drug-likeness (QED) is 0.817. The molecule has 1 saturated heterocycles. The van der Waals surface area contributed by atoms with Gasteiger partial charge in [0.1, 0.15) is 0 Å². The molecule has 100 valence electrons. The topological polar surface area (TPSA) is 24.5 Å². The van der Waals surface area contributed by atoms with Gasteiger partial charge in [-0.1, -0.05) is 6.92 Å². The van der Waals surface area contributed by atoms with Gasteiger partial charge in [-0.2, -0.15) is 0 Å². The van der Waals surface area contributed by atoms with Gasteiger partial charge < -0.3 is 10.1 Å². The highest BCUT2D eigenvalue weighted by molar-refractivity contribution is 4.97. The molecule has 1 saturated carbocycles. The van der Waals surface area contributed by atoms with Crippen molar-refractivity contribution < 1.29 is 4.74 Å². The third kappa shape index (κ3) is 2.83. The lowest BCUT2D eigenvalue weighted by Gasteiger charge is -2.47. The highest BCUT2D eigenvalue weighted by atomic mass is 16.5. The minimum absolute atomic E-state index is 0.303. The van der Waals surface area contributed by atoms with Crippen molar-refractivity contribution in [1.82, 2.24) is 10.2 Å². The molecule has 0 radical (unpaired) electrons. The molecule has 4 atom stereocenters. The van der Waals surface area contributed by atoms with E-state index in [0.29, 0.717) is 17.7 Å². The van der Waals surface area contributed by atoms with Crippen molar-refractivity contribution in [1.29, 1.82) is 0 Å². The number of hydrogen-bond acceptors (Lipinski definition) is 3. The number of piperazine rings is 1. The second kappa shape index (κ2) is 5.25. The lowest BCUT2D eigenvalue weighted by Crippen LogP contribution is -2.63. The molecule has 2 fully saturated rings. The molecule has 0 amide bonds. The van der Waals surface area contributed by atoms with Crippen LogP contribution in [0.15, 0.2) is 0 Å². The summed E-state index contributed by atoms with van der Waals surface area (Å²) >= 11 is 0. The number of methoxy groups -OCH3 is 1. The first kappa shape index (κ1) is 13.3. The summed E-state index contributed by atoms with van der Waals surface area (Å²) < 4.78 is 5.50. The first-order chi connectivity index (χ1) is 8.08. The maximum Gasteiger partial charge on any atom is 0.0586 e. The van der Waals surface area contributed by atoms with Crippen LogP contribution in [0.2, 0.25) is 0 Å². The molecule has 1 aliphatic heterocycles. The van der Waals surface area contributed by atoms with Crippen LogP contribution in [-0.4, -0.2) is 48.8 Å². The van der Waals surface area contributed by atoms with Crippen molar-refractivity contribution >= 4 is 0 Å². The van der Waals surface area contributed by atoms with Crippen LogP contribution in [0.3, 0.4) is 0 Å². The zero-order valence-electron chi connectivity index (χ0n) is 11.8. The van der Waals surface area contributed by atoms with E-state index in [-0.39, 0.29) is 0 Å². The van der Waals surface area contributed by atoms with E-state index in [1.807, 2.05) is 7.11 Å². The summed E-state index contributed by atoms with van der Waals surface area (Å²) in [5.41, 5.74) is 0.303. The molecule has 0 aromatic carbocycles. The average Bonchev–Trinajstić information content (AvgIpc) is 2.81. The Morgan fingerprint density at radius 3 is 2.76 bits per heavy atom. The monoisotopic (exact) mass is 240 g/mol.